The number of anilines is 2. The van der Waals surface area contributed by atoms with Gasteiger partial charge in [0.05, 0.1) is 18.8 Å². The van der Waals surface area contributed by atoms with Crippen molar-refractivity contribution in [2.45, 2.75) is 51.4 Å². The third-order valence-corrected chi connectivity index (χ3v) is 8.11. The smallest absolute Gasteiger partial charge is 0.292 e. The van der Waals surface area contributed by atoms with E-state index < -0.39 is 0 Å². The predicted octanol–water partition coefficient (Wildman–Crippen LogP) is 9.72. The normalized spacial score (nSPS) is 9.19. The van der Waals surface area contributed by atoms with Crippen LogP contribution in [0.5, 0.6) is 5.75 Å². The highest BCUT2D eigenvalue weighted by Crippen LogP contribution is 2.25. The predicted molar refractivity (Wildman–Crippen MR) is 239 cm³/mol. The molecule has 0 spiro atoms. The molecule has 12 nitrogen and oxygen atoms in total. The molecular weight excluding hydrogens is 764 g/mol. The number of nitrogens with two attached hydrogens (primary N) is 4. The van der Waals surface area contributed by atoms with Gasteiger partial charge < -0.3 is 27.7 Å². The number of nitriles is 1. The summed E-state index contributed by atoms with van der Waals surface area (Å²) in [4.78, 5) is 39.7. The molecule has 0 fully saturated rings. The van der Waals surface area contributed by atoms with Crippen LogP contribution in [-0.4, -0.2) is 44.4 Å². The van der Waals surface area contributed by atoms with Crippen LogP contribution in [0.3, 0.4) is 0 Å². The average Bonchev–Trinajstić information content (AvgIpc) is 3.26. The summed E-state index contributed by atoms with van der Waals surface area (Å²) in [5, 5.41) is 9.17. The fourth-order valence-electron chi connectivity index (χ4n) is 4.78. The summed E-state index contributed by atoms with van der Waals surface area (Å²) in [5.74, 6) is 0.503. The third kappa shape index (κ3) is 26.0. The number of hydrogen-bond acceptors (Lipinski definition) is 12. The molecule has 0 aliphatic carbocycles. The molecule has 0 atom stereocenters. The van der Waals surface area contributed by atoms with Crippen LogP contribution in [0.25, 0.3) is 22.3 Å². The highest BCUT2D eigenvalue weighted by atomic mass is 35.5. The summed E-state index contributed by atoms with van der Waals surface area (Å²) >= 11 is 5.54. The van der Waals surface area contributed by atoms with Gasteiger partial charge in [-0.25, -0.2) is 24.4 Å². The highest BCUT2D eigenvalue weighted by Gasteiger charge is 2.00. The molecule has 5 aromatic rings. The second-order valence-corrected chi connectivity index (χ2v) is 12.8. The molecule has 0 aliphatic rings. The van der Waals surface area contributed by atoms with E-state index >= 15 is 0 Å². The number of hydrogen-bond donors (Lipinski definition) is 4. The number of nitrogen functional groups attached to an aromatic ring is 2. The van der Waals surface area contributed by atoms with Crippen LogP contribution < -0.4 is 27.7 Å². The Bertz CT molecular complexity index is 1930. The second kappa shape index (κ2) is 34.6. The molecule has 59 heavy (non-hydrogen) atoms. The lowest BCUT2D eigenvalue weighted by Crippen LogP contribution is -2.00. The van der Waals surface area contributed by atoms with E-state index in [0.29, 0.717) is 24.5 Å². The van der Waals surface area contributed by atoms with Crippen molar-refractivity contribution in [2.75, 3.05) is 37.6 Å². The second-order valence-electron chi connectivity index (χ2n) is 12.4. The summed E-state index contributed by atoms with van der Waals surface area (Å²) in [6.45, 7) is 2.76. The fraction of sp³-hybridized carbons (Fsp3) is 0.261. The zero-order valence-electron chi connectivity index (χ0n) is 33.2. The van der Waals surface area contributed by atoms with Gasteiger partial charge in [0.25, 0.3) is 6.26 Å². The van der Waals surface area contributed by atoms with Crippen molar-refractivity contribution in [3.8, 4) is 34.3 Å². The molecular formula is C46H53ClN8O4. The van der Waals surface area contributed by atoms with E-state index in [0.717, 1.165) is 90.3 Å². The van der Waals surface area contributed by atoms with E-state index in [2.05, 4.69) is 15.0 Å². The zero-order chi connectivity index (χ0) is 43.2. The number of ether oxygens (including phenoxy) is 1. The van der Waals surface area contributed by atoms with Gasteiger partial charge >= 0.3 is 0 Å². The van der Waals surface area contributed by atoms with Crippen molar-refractivity contribution in [3.63, 3.8) is 0 Å². The molecule has 0 aliphatic heterocycles. The zero-order valence-corrected chi connectivity index (χ0v) is 34.0. The summed E-state index contributed by atoms with van der Waals surface area (Å²) < 4.78 is 4.70. The lowest BCUT2D eigenvalue weighted by molar-refractivity contribution is 0.507. The fourth-order valence-corrected chi connectivity index (χ4v) is 4.93. The van der Waals surface area contributed by atoms with Gasteiger partial charge in [0, 0.05) is 16.4 Å². The summed E-state index contributed by atoms with van der Waals surface area (Å²) in [6, 6.07) is 39.4. The van der Waals surface area contributed by atoms with E-state index in [1.165, 1.54) is 31.1 Å². The van der Waals surface area contributed by atoms with E-state index in [-0.39, 0.29) is 0 Å². The molecule has 0 heterocycles. The Kier molecular flexibility index (Phi) is 29.5. The minimum atomic E-state index is 0.503. The molecule has 0 amide bonds. The number of carbonyl (C=O) groups excluding carboxylic acids is 3. The van der Waals surface area contributed by atoms with Gasteiger partial charge in [0.1, 0.15) is 5.75 Å². The van der Waals surface area contributed by atoms with E-state index in [4.69, 9.17) is 44.5 Å². The van der Waals surface area contributed by atoms with Crippen molar-refractivity contribution in [2.24, 2.45) is 26.4 Å². The first kappa shape index (κ1) is 50.4. The molecule has 0 saturated carbocycles. The Morgan fingerprint density at radius 1 is 0.508 bits per heavy atom. The Morgan fingerprint density at radius 2 is 0.898 bits per heavy atom. The van der Waals surface area contributed by atoms with E-state index in [9.17, 15) is 14.4 Å². The van der Waals surface area contributed by atoms with Crippen LogP contribution in [0.4, 0.5) is 17.1 Å². The first-order valence-corrected chi connectivity index (χ1v) is 19.4. The molecule has 0 saturated heterocycles. The molecule has 308 valence electrons. The van der Waals surface area contributed by atoms with E-state index in [1.54, 1.807) is 30.5 Å². The van der Waals surface area contributed by atoms with Gasteiger partial charge in [-0.2, -0.15) is 4.99 Å². The van der Waals surface area contributed by atoms with Crippen LogP contribution in [0.15, 0.2) is 142 Å². The molecule has 0 aromatic heterocycles. The summed E-state index contributed by atoms with van der Waals surface area (Å²) in [5.41, 5.74) is 28.2. The lowest BCUT2D eigenvalue weighted by atomic mass is 10.1. The van der Waals surface area contributed by atoms with Crippen molar-refractivity contribution in [1.29, 1.82) is 5.26 Å². The molecule has 0 unspecified atom stereocenters. The van der Waals surface area contributed by atoms with Gasteiger partial charge in [0.15, 0.2) is 0 Å². The maximum Gasteiger partial charge on any atom is 0.292 e. The van der Waals surface area contributed by atoms with Crippen molar-refractivity contribution in [1.82, 2.24) is 0 Å². The lowest BCUT2D eigenvalue weighted by Gasteiger charge is -2.02. The Balaban J connectivity index is 0.000000384. The van der Waals surface area contributed by atoms with Gasteiger partial charge in [-0.1, -0.05) is 104 Å². The van der Waals surface area contributed by atoms with Crippen LogP contribution in [0.1, 0.15) is 51.4 Å². The standard InChI is InChI=1S/C14H8N2O2.C12H12N2.C8H12N2O2.C6H5Cl.C6H16N2/c15-9-18-14-7-3-12(4-8-14)11-1-5-13(6-2-11)16-10-17;13-11-5-1-9(2-6-11)10-3-7-12(14)8-4-10;11-7-9-5-3-1-2-4-6-10-8-12;7-6-4-2-1-3-5-6;7-5-3-1-2-4-6-8/h1-8H;1-8H,13-14H2;1-6H2;1-5H;1-8H2. The molecule has 5 aromatic carbocycles. The molecule has 5 rings (SSSR count). The number of benzene rings is 5. The summed E-state index contributed by atoms with van der Waals surface area (Å²) in [7, 11) is 0. The van der Waals surface area contributed by atoms with E-state index in [1.807, 2.05) is 103 Å². The Hall–Kier alpha value is -6.66. The average molecular weight is 817 g/mol. The number of halogens is 1. The molecule has 0 bridgehead atoms. The highest BCUT2D eigenvalue weighted by molar-refractivity contribution is 6.30. The van der Waals surface area contributed by atoms with Gasteiger partial charge in [-0.05, 0) is 122 Å². The Morgan fingerprint density at radius 3 is 1.24 bits per heavy atom. The largest absolute Gasteiger partial charge is 0.399 e. The van der Waals surface area contributed by atoms with Gasteiger partial charge in [0.2, 0.25) is 18.2 Å². The maximum absolute atomic E-state index is 10.1. The minimum Gasteiger partial charge on any atom is -0.399 e. The SMILES string of the molecule is Clc1ccccc1.N#COc1ccc(-c2ccc(N=C=O)cc2)cc1.NCCCCCCN.Nc1ccc(-c2ccc(N)cc2)cc1.O=C=NCCCCCCN=C=O. The number of rotatable bonds is 16. The quantitative estimate of drug-likeness (QED) is 0.0244. The number of unbranched alkanes of at least 4 members (excludes halogenated alkanes) is 6. The van der Waals surface area contributed by atoms with Crippen LogP contribution in [0.2, 0.25) is 5.02 Å². The number of aliphatic imine (C=N–C) groups is 3. The molecule has 13 heteroatoms. The monoisotopic (exact) mass is 816 g/mol. The van der Waals surface area contributed by atoms with Crippen molar-refractivity contribution < 1.29 is 19.1 Å². The molecule has 8 N–H and O–H groups in total. The van der Waals surface area contributed by atoms with Gasteiger partial charge in [-0.15, -0.1) is 5.26 Å². The first-order valence-electron chi connectivity index (χ1n) is 19.1. The summed E-state index contributed by atoms with van der Waals surface area (Å²) in [6.07, 6.45) is 14.7. The van der Waals surface area contributed by atoms with Gasteiger partial charge in [-0.3, -0.25) is 0 Å². The maximum atomic E-state index is 10.1. The number of isocyanates is 3. The van der Waals surface area contributed by atoms with Crippen LogP contribution >= 0.6 is 11.6 Å². The minimum absolute atomic E-state index is 0.503. The Labute approximate surface area is 352 Å². The van der Waals surface area contributed by atoms with Crippen LogP contribution in [-0.2, 0) is 14.4 Å². The first-order chi connectivity index (χ1) is 28.8. The third-order valence-electron chi connectivity index (χ3n) is 7.86. The van der Waals surface area contributed by atoms with Crippen LogP contribution in [0, 0.1) is 11.5 Å². The topological polar surface area (TPSA) is 225 Å². The number of nitrogens with zero attached hydrogens (tertiary/aromatic N) is 4. The molecule has 0 radical (unpaired) electrons. The van der Waals surface area contributed by atoms with Crippen molar-refractivity contribution in [3.05, 3.63) is 132 Å². The van der Waals surface area contributed by atoms with Crippen molar-refractivity contribution >= 4 is 46.9 Å².